The fourth-order valence-corrected chi connectivity index (χ4v) is 4.65. The summed E-state index contributed by atoms with van der Waals surface area (Å²) in [5, 5.41) is 2.78. The summed E-state index contributed by atoms with van der Waals surface area (Å²) in [6.07, 6.45) is 2.11. The second kappa shape index (κ2) is 6.45. The number of nitrogens with one attached hydrogen (secondary N) is 1. The van der Waals surface area contributed by atoms with Crippen LogP contribution in [0.5, 0.6) is 0 Å². The Morgan fingerprint density at radius 3 is 2.70 bits per heavy atom. The normalized spacial score (nSPS) is 24.6. The van der Waals surface area contributed by atoms with Crippen LogP contribution >= 0.6 is 0 Å². The van der Waals surface area contributed by atoms with Crippen LogP contribution in [-0.2, 0) is 9.84 Å². The number of carbonyl (C=O) groups excluding carboxylic acids is 1. The first-order chi connectivity index (χ1) is 10.9. The Morgan fingerprint density at radius 2 is 2.04 bits per heavy atom. The minimum atomic E-state index is -3.00. The lowest BCUT2D eigenvalue weighted by Gasteiger charge is -2.34. The van der Waals surface area contributed by atoms with Gasteiger partial charge in [0.1, 0.15) is 5.69 Å². The van der Waals surface area contributed by atoms with Crippen LogP contribution in [0.2, 0.25) is 0 Å². The van der Waals surface area contributed by atoms with Gasteiger partial charge in [-0.2, -0.15) is 0 Å². The molecule has 2 fully saturated rings. The highest BCUT2D eigenvalue weighted by molar-refractivity contribution is 7.91. The molecule has 1 unspecified atom stereocenters. The number of pyridine rings is 1. The third-order valence-corrected chi connectivity index (χ3v) is 6.18. The minimum absolute atomic E-state index is 0.0247. The van der Waals surface area contributed by atoms with Crippen molar-refractivity contribution in [1.82, 2.24) is 15.2 Å². The van der Waals surface area contributed by atoms with Gasteiger partial charge >= 0.3 is 0 Å². The Bertz CT molecular complexity index is 684. The average Bonchev–Trinajstić information content (AvgIpc) is 2.87. The van der Waals surface area contributed by atoms with Gasteiger partial charge in [0.2, 0.25) is 0 Å². The zero-order valence-corrected chi connectivity index (χ0v) is 14.1. The molecule has 0 spiro atoms. The van der Waals surface area contributed by atoms with Crippen molar-refractivity contribution in [3.05, 3.63) is 24.0 Å². The molecule has 0 saturated carbocycles. The molecule has 1 atom stereocenters. The molecule has 0 aromatic carbocycles. The second-order valence-corrected chi connectivity index (χ2v) is 8.49. The van der Waals surface area contributed by atoms with Gasteiger partial charge in [0.15, 0.2) is 9.84 Å². The van der Waals surface area contributed by atoms with Gasteiger partial charge in [0.05, 0.1) is 11.5 Å². The molecule has 0 aliphatic carbocycles. The van der Waals surface area contributed by atoms with Gasteiger partial charge in [-0.15, -0.1) is 0 Å². The van der Waals surface area contributed by atoms with Crippen LogP contribution < -0.4 is 10.2 Å². The van der Waals surface area contributed by atoms with E-state index in [2.05, 4.69) is 27.1 Å². The summed E-state index contributed by atoms with van der Waals surface area (Å²) in [5.41, 5.74) is 1.32. The van der Waals surface area contributed by atoms with Crippen molar-refractivity contribution >= 4 is 21.4 Å². The van der Waals surface area contributed by atoms with E-state index in [0.717, 1.165) is 31.9 Å². The van der Waals surface area contributed by atoms with Crippen LogP contribution in [-0.4, -0.2) is 75.0 Å². The van der Waals surface area contributed by atoms with E-state index in [4.69, 9.17) is 0 Å². The molecule has 126 valence electrons. The molecule has 2 saturated heterocycles. The van der Waals surface area contributed by atoms with Crippen LogP contribution in [0.1, 0.15) is 16.9 Å². The molecule has 8 heteroatoms. The van der Waals surface area contributed by atoms with Gasteiger partial charge in [-0.3, -0.25) is 9.78 Å². The molecule has 1 amide bonds. The lowest BCUT2D eigenvalue weighted by Crippen LogP contribution is -2.44. The molecule has 1 N–H and O–H groups in total. The first kappa shape index (κ1) is 16.2. The summed E-state index contributed by atoms with van der Waals surface area (Å²) < 4.78 is 22.9. The summed E-state index contributed by atoms with van der Waals surface area (Å²) >= 11 is 0. The van der Waals surface area contributed by atoms with Crippen LogP contribution in [0, 0.1) is 0 Å². The lowest BCUT2D eigenvalue weighted by molar-refractivity contribution is 0.0936. The highest BCUT2D eigenvalue weighted by Gasteiger charge is 2.29. The monoisotopic (exact) mass is 338 g/mol. The standard InChI is InChI=1S/C15H22N4O3S/c1-18-5-7-19(8-6-18)13-2-4-16-14(10-13)15(20)17-12-3-9-23(21,22)11-12/h2,4,10,12H,3,5-9,11H2,1H3,(H,17,20). The Hall–Kier alpha value is -1.67. The summed E-state index contributed by atoms with van der Waals surface area (Å²) in [4.78, 5) is 20.9. The minimum Gasteiger partial charge on any atom is -0.369 e. The molecule has 3 heterocycles. The number of hydrogen-bond donors (Lipinski definition) is 1. The molecule has 23 heavy (non-hydrogen) atoms. The van der Waals surface area contributed by atoms with E-state index in [9.17, 15) is 13.2 Å². The number of likely N-dealkylation sites (N-methyl/N-ethyl adjacent to an activating group) is 1. The van der Waals surface area contributed by atoms with Crippen molar-refractivity contribution < 1.29 is 13.2 Å². The Kier molecular flexibility index (Phi) is 4.54. The number of sulfone groups is 1. The molecule has 2 aliphatic rings. The summed E-state index contributed by atoms with van der Waals surface area (Å²) in [7, 11) is -0.906. The SMILES string of the molecule is CN1CCN(c2ccnc(C(=O)NC3CCS(=O)(=O)C3)c2)CC1. The van der Waals surface area contributed by atoms with Gasteiger partial charge in [0, 0.05) is 44.1 Å². The van der Waals surface area contributed by atoms with Gasteiger partial charge in [-0.05, 0) is 25.6 Å². The van der Waals surface area contributed by atoms with E-state index < -0.39 is 9.84 Å². The molecule has 1 aromatic heterocycles. The number of amides is 1. The second-order valence-electron chi connectivity index (χ2n) is 6.26. The third kappa shape index (κ3) is 4.00. The smallest absolute Gasteiger partial charge is 0.270 e. The number of carbonyl (C=O) groups is 1. The number of rotatable bonds is 3. The Balaban J connectivity index is 1.66. The van der Waals surface area contributed by atoms with Crippen LogP contribution in [0.25, 0.3) is 0 Å². The molecule has 1 aromatic rings. The van der Waals surface area contributed by atoms with E-state index >= 15 is 0 Å². The maximum absolute atomic E-state index is 12.3. The van der Waals surface area contributed by atoms with E-state index in [1.165, 1.54) is 0 Å². The molecule has 0 radical (unpaired) electrons. The predicted molar refractivity (Wildman–Crippen MR) is 88.5 cm³/mol. The lowest BCUT2D eigenvalue weighted by atomic mass is 10.2. The average molecular weight is 338 g/mol. The van der Waals surface area contributed by atoms with Crippen LogP contribution in [0.3, 0.4) is 0 Å². The van der Waals surface area contributed by atoms with Crippen molar-refractivity contribution in [1.29, 1.82) is 0 Å². The predicted octanol–water partition coefficient (Wildman–Crippen LogP) is -0.250. The molecule has 0 bridgehead atoms. The number of anilines is 1. The maximum Gasteiger partial charge on any atom is 0.270 e. The Morgan fingerprint density at radius 1 is 1.30 bits per heavy atom. The van der Waals surface area contributed by atoms with Crippen LogP contribution in [0.15, 0.2) is 18.3 Å². The van der Waals surface area contributed by atoms with E-state index in [1.54, 1.807) is 12.3 Å². The molecule has 7 nitrogen and oxygen atoms in total. The highest BCUT2D eigenvalue weighted by Crippen LogP contribution is 2.17. The summed E-state index contributed by atoms with van der Waals surface area (Å²) in [6.45, 7) is 3.82. The van der Waals surface area contributed by atoms with Crippen LogP contribution in [0.4, 0.5) is 5.69 Å². The zero-order chi connectivity index (χ0) is 16.4. The quantitative estimate of drug-likeness (QED) is 0.818. The number of aromatic nitrogens is 1. The fraction of sp³-hybridized carbons (Fsp3) is 0.600. The van der Waals surface area contributed by atoms with Gasteiger partial charge in [-0.1, -0.05) is 0 Å². The first-order valence-electron chi connectivity index (χ1n) is 7.84. The molecule has 3 rings (SSSR count). The van der Waals surface area contributed by atoms with E-state index in [0.29, 0.717) is 12.1 Å². The molecular weight excluding hydrogens is 316 g/mol. The number of hydrogen-bond acceptors (Lipinski definition) is 6. The largest absolute Gasteiger partial charge is 0.369 e. The van der Waals surface area contributed by atoms with E-state index in [-0.39, 0.29) is 23.5 Å². The zero-order valence-electron chi connectivity index (χ0n) is 13.2. The third-order valence-electron chi connectivity index (χ3n) is 4.41. The first-order valence-corrected chi connectivity index (χ1v) is 9.66. The summed E-state index contributed by atoms with van der Waals surface area (Å²) in [6, 6.07) is 3.38. The van der Waals surface area contributed by atoms with Gasteiger partial charge in [-0.25, -0.2) is 8.42 Å². The van der Waals surface area contributed by atoms with Crippen molar-refractivity contribution in [2.75, 3.05) is 49.6 Å². The molecule has 2 aliphatic heterocycles. The molecular formula is C15H22N4O3S. The maximum atomic E-state index is 12.3. The number of nitrogens with zero attached hydrogens (tertiary/aromatic N) is 3. The van der Waals surface area contributed by atoms with Crippen molar-refractivity contribution in [2.45, 2.75) is 12.5 Å². The summed E-state index contributed by atoms with van der Waals surface area (Å²) in [5.74, 6) is -0.132. The van der Waals surface area contributed by atoms with Crippen molar-refractivity contribution in [3.8, 4) is 0 Å². The Labute approximate surface area is 136 Å². The topological polar surface area (TPSA) is 82.6 Å². The number of piperazine rings is 1. The van der Waals surface area contributed by atoms with Gasteiger partial charge < -0.3 is 15.1 Å². The van der Waals surface area contributed by atoms with Gasteiger partial charge in [0.25, 0.3) is 5.91 Å². The fourth-order valence-electron chi connectivity index (χ4n) is 2.97. The highest BCUT2D eigenvalue weighted by atomic mass is 32.2. The van der Waals surface area contributed by atoms with Crippen molar-refractivity contribution in [3.63, 3.8) is 0 Å². The van der Waals surface area contributed by atoms with E-state index in [1.807, 2.05) is 6.07 Å². The van der Waals surface area contributed by atoms with Crippen molar-refractivity contribution in [2.24, 2.45) is 0 Å².